The van der Waals surface area contributed by atoms with Crippen LogP contribution in [0.2, 0.25) is 0 Å². The van der Waals surface area contributed by atoms with Gasteiger partial charge in [0.15, 0.2) is 0 Å². The molecule has 0 aliphatic heterocycles. The SMILES string of the molecule is CCCSCC(=O)Cc1ccc(F)cc1Br. The van der Waals surface area contributed by atoms with Crippen molar-refractivity contribution in [3.8, 4) is 0 Å². The van der Waals surface area contributed by atoms with Crippen molar-refractivity contribution in [2.24, 2.45) is 0 Å². The van der Waals surface area contributed by atoms with E-state index in [-0.39, 0.29) is 11.6 Å². The van der Waals surface area contributed by atoms with Gasteiger partial charge in [0.25, 0.3) is 0 Å². The third kappa shape index (κ3) is 4.66. The molecule has 0 N–H and O–H groups in total. The highest BCUT2D eigenvalue weighted by molar-refractivity contribution is 9.10. The molecule has 0 amide bonds. The molecule has 1 rings (SSSR count). The summed E-state index contributed by atoms with van der Waals surface area (Å²) in [5.41, 5.74) is 0.850. The molecule has 0 aromatic heterocycles. The van der Waals surface area contributed by atoms with E-state index >= 15 is 0 Å². The normalized spacial score (nSPS) is 10.4. The maximum absolute atomic E-state index is 12.8. The van der Waals surface area contributed by atoms with Crippen LogP contribution in [0.25, 0.3) is 0 Å². The van der Waals surface area contributed by atoms with Crippen molar-refractivity contribution < 1.29 is 9.18 Å². The first-order valence-corrected chi connectivity index (χ1v) is 7.11. The van der Waals surface area contributed by atoms with Crippen LogP contribution in [0.15, 0.2) is 22.7 Å². The highest BCUT2D eigenvalue weighted by atomic mass is 79.9. The zero-order chi connectivity index (χ0) is 12.0. The van der Waals surface area contributed by atoms with E-state index in [0.717, 1.165) is 17.7 Å². The molecular formula is C12H14BrFOS. The highest BCUT2D eigenvalue weighted by Crippen LogP contribution is 2.19. The zero-order valence-corrected chi connectivity index (χ0v) is 11.5. The molecule has 0 bridgehead atoms. The number of carbonyl (C=O) groups is 1. The number of halogens is 2. The predicted molar refractivity (Wildman–Crippen MR) is 70.4 cm³/mol. The molecule has 0 aliphatic rings. The van der Waals surface area contributed by atoms with Gasteiger partial charge in [-0.15, -0.1) is 0 Å². The summed E-state index contributed by atoms with van der Waals surface area (Å²) in [7, 11) is 0. The number of hydrogen-bond acceptors (Lipinski definition) is 2. The molecule has 1 aromatic carbocycles. The van der Waals surface area contributed by atoms with E-state index < -0.39 is 0 Å². The zero-order valence-electron chi connectivity index (χ0n) is 9.13. The lowest BCUT2D eigenvalue weighted by atomic mass is 10.1. The molecule has 0 unspecified atom stereocenters. The number of rotatable bonds is 6. The third-order valence-electron chi connectivity index (χ3n) is 2.01. The summed E-state index contributed by atoms with van der Waals surface area (Å²) in [6.45, 7) is 2.09. The van der Waals surface area contributed by atoms with E-state index in [1.807, 2.05) is 0 Å². The van der Waals surface area contributed by atoms with E-state index in [0.29, 0.717) is 16.6 Å². The first-order valence-electron chi connectivity index (χ1n) is 5.17. The van der Waals surface area contributed by atoms with Gasteiger partial charge in [-0.3, -0.25) is 4.79 Å². The molecular weight excluding hydrogens is 291 g/mol. The van der Waals surface area contributed by atoms with Crippen molar-refractivity contribution in [3.05, 3.63) is 34.1 Å². The van der Waals surface area contributed by atoms with Crippen molar-refractivity contribution >= 4 is 33.5 Å². The van der Waals surface area contributed by atoms with Crippen LogP contribution in [0.4, 0.5) is 4.39 Å². The molecule has 0 spiro atoms. The lowest BCUT2D eigenvalue weighted by Crippen LogP contribution is -2.06. The van der Waals surface area contributed by atoms with Crippen LogP contribution < -0.4 is 0 Å². The minimum absolute atomic E-state index is 0.186. The number of hydrogen-bond donors (Lipinski definition) is 0. The molecule has 4 heteroatoms. The molecule has 1 aromatic rings. The minimum atomic E-state index is -0.288. The van der Waals surface area contributed by atoms with Gasteiger partial charge in [0, 0.05) is 10.9 Å². The molecule has 0 radical (unpaired) electrons. The third-order valence-corrected chi connectivity index (χ3v) is 3.98. The average molecular weight is 305 g/mol. The summed E-state index contributed by atoms with van der Waals surface area (Å²) in [6.07, 6.45) is 1.45. The van der Waals surface area contributed by atoms with Gasteiger partial charge in [-0.25, -0.2) is 4.39 Å². The molecule has 0 saturated heterocycles. The lowest BCUT2D eigenvalue weighted by Gasteiger charge is -2.04. The van der Waals surface area contributed by atoms with E-state index in [9.17, 15) is 9.18 Å². The van der Waals surface area contributed by atoms with Gasteiger partial charge in [0.05, 0.1) is 5.75 Å². The Balaban J connectivity index is 2.49. The molecule has 0 fully saturated rings. The van der Waals surface area contributed by atoms with Gasteiger partial charge in [0.2, 0.25) is 0 Å². The predicted octanol–water partition coefficient (Wildman–Crippen LogP) is 3.84. The molecule has 0 aliphatic carbocycles. The van der Waals surface area contributed by atoms with Crippen LogP contribution in [-0.2, 0) is 11.2 Å². The van der Waals surface area contributed by atoms with Crippen LogP contribution in [-0.4, -0.2) is 17.3 Å². The number of ketones is 1. The Bertz CT molecular complexity index is 368. The summed E-state index contributed by atoms with van der Waals surface area (Å²) in [4.78, 5) is 11.6. The molecule has 0 saturated carbocycles. The fourth-order valence-electron chi connectivity index (χ4n) is 1.26. The van der Waals surface area contributed by atoms with Crippen molar-refractivity contribution in [3.63, 3.8) is 0 Å². The monoisotopic (exact) mass is 304 g/mol. The van der Waals surface area contributed by atoms with E-state index in [4.69, 9.17) is 0 Å². The van der Waals surface area contributed by atoms with Crippen LogP contribution in [0.5, 0.6) is 0 Å². The summed E-state index contributed by atoms with van der Waals surface area (Å²) in [6, 6.07) is 4.43. The minimum Gasteiger partial charge on any atom is -0.298 e. The average Bonchev–Trinajstić information content (AvgIpc) is 2.23. The van der Waals surface area contributed by atoms with Crippen LogP contribution >= 0.6 is 27.7 Å². The first kappa shape index (κ1) is 13.7. The molecule has 1 nitrogen and oxygen atoms in total. The van der Waals surface area contributed by atoms with E-state index in [2.05, 4.69) is 22.9 Å². The highest BCUT2D eigenvalue weighted by Gasteiger charge is 2.07. The van der Waals surface area contributed by atoms with Crippen molar-refractivity contribution in [1.82, 2.24) is 0 Å². The standard InChI is InChI=1S/C12H14BrFOS/c1-2-5-16-8-11(15)6-9-3-4-10(14)7-12(9)13/h3-4,7H,2,5-6,8H2,1H3. The van der Waals surface area contributed by atoms with Crippen molar-refractivity contribution in [1.29, 1.82) is 0 Å². The Morgan fingerprint density at radius 1 is 1.50 bits per heavy atom. The fraction of sp³-hybridized carbons (Fsp3) is 0.417. The molecule has 0 heterocycles. The van der Waals surface area contributed by atoms with Gasteiger partial charge in [0.1, 0.15) is 11.6 Å². The fourth-order valence-corrected chi connectivity index (χ4v) is 2.51. The summed E-state index contributed by atoms with van der Waals surface area (Å²) >= 11 is 4.91. The summed E-state index contributed by atoms with van der Waals surface area (Å²) < 4.78 is 13.5. The van der Waals surface area contributed by atoms with Gasteiger partial charge >= 0.3 is 0 Å². The topological polar surface area (TPSA) is 17.1 Å². The molecule has 88 valence electrons. The van der Waals surface area contributed by atoms with Crippen LogP contribution in [0, 0.1) is 5.82 Å². The second-order valence-electron chi connectivity index (χ2n) is 3.50. The van der Waals surface area contributed by atoms with Gasteiger partial charge in [-0.2, -0.15) is 11.8 Å². The first-order chi connectivity index (χ1) is 7.63. The maximum atomic E-state index is 12.8. The van der Waals surface area contributed by atoms with Gasteiger partial charge < -0.3 is 0 Å². The number of thioether (sulfide) groups is 1. The number of Topliss-reactive ketones (excluding diaryl/α,β-unsaturated/α-hetero) is 1. The van der Waals surface area contributed by atoms with Crippen LogP contribution in [0.1, 0.15) is 18.9 Å². The number of carbonyl (C=O) groups excluding carboxylic acids is 1. The second-order valence-corrected chi connectivity index (χ2v) is 5.46. The smallest absolute Gasteiger partial charge is 0.147 e. The summed E-state index contributed by atoms with van der Waals surface area (Å²) in [5, 5.41) is 0. The Morgan fingerprint density at radius 2 is 2.25 bits per heavy atom. The van der Waals surface area contributed by atoms with Crippen LogP contribution in [0.3, 0.4) is 0 Å². The molecule has 0 atom stereocenters. The lowest BCUT2D eigenvalue weighted by molar-refractivity contribution is -0.116. The Kier molecular flexibility index (Phi) is 6.06. The molecule has 16 heavy (non-hydrogen) atoms. The van der Waals surface area contributed by atoms with E-state index in [1.54, 1.807) is 17.8 Å². The van der Waals surface area contributed by atoms with Gasteiger partial charge in [-0.05, 0) is 29.9 Å². The van der Waals surface area contributed by atoms with Crippen molar-refractivity contribution in [2.75, 3.05) is 11.5 Å². The Morgan fingerprint density at radius 3 is 2.88 bits per heavy atom. The van der Waals surface area contributed by atoms with Gasteiger partial charge in [-0.1, -0.05) is 28.9 Å². The summed E-state index contributed by atoms with van der Waals surface area (Å²) in [5.74, 6) is 1.45. The number of benzene rings is 1. The quantitative estimate of drug-likeness (QED) is 0.743. The van der Waals surface area contributed by atoms with Crippen molar-refractivity contribution in [2.45, 2.75) is 19.8 Å². The maximum Gasteiger partial charge on any atom is 0.147 e. The second kappa shape index (κ2) is 7.07. The largest absolute Gasteiger partial charge is 0.298 e. The Hall–Kier alpha value is -0.350. The van der Waals surface area contributed by atoms with E-state index in [1.165, 1.54) is 12.1 Å². The Labute approximate surface area is 108 Å².